The van der Waals surface area contributed by atoms with Gasteiger partial charge < -0.3 is 9.84 Å². The molecule has 0 unspecified atom stereocenters. The molecule has 0 bridgehead atoms. The molecule has 2 saturated heterocycles. The van der Waals surface area contributed by atoms with Gasteiger partial charge in [0.05, 0.1) is 42.2 Å². The summed E-state index contributed by atoms with van der Waals surface area (Å²) in [4.78, 5) is 86.4. The monoisotopic (exact) mass is 756 g/mol. The highest BCUT2D eigenvalue weighted by Gasteiger charge is 2.63. The Hall–Kier alpha value is -6.94. The number of benzene rings is 5. The summed E-state index contributed by atoms with van der Waals surface area (Å²) in [5, 5.41) is 11.4. The Kier molecular flexibility index (Phi) is 8.76. The number of fused-ring (bicyclic) bond motifs is 4. The number of phenolic OH excluding ortho intramolecular Hbond substituents is 1. The van der Waals surface area contributed by atoms with Crippen molar-refractivity contribution in [1.82, 2.24) is 0 Å². The molecule has 4 aliphatic rings. The van der Waals surface area contributed by atoms with Crippen LogP contribution in [0.1, 0.15) is 56.2 Å². The summed E-state index contributed by atoms with van der Waals surface area (Å²) in [6.45, 7) is 0. The molecule has 4 amide bonds. The number of phenols is 1. The second-order valence-corrected chi connectivity index (χ2v) is 14.9. The van der Waals surface area contributed by atoms with Crippen molar-refractivity contribution in [2.45, 2.75) is 18.8 Å². The number of nitrogens with zero attached hydrogens (tertiary/aromatic N) is 2. The molecule has 3 fully saturated rings. The maximum Gasteiger partial charge on any atom is 0.238 e. The minimum atomic E-state index is -0.942. The van der Waals surface area contributed by atoms with Gasteiger partial charge in [0.2, 0.25) is 23.6 Å². The van der Waals surface area contributed by atoms with Crippen molar-refractivity contribution >= 4 is 46.6 Å². The molecule has 9 rings (SSSR count). The van der Waals surface area contributed by atoms with Gasteiger partial charge in [-0.05, 0) is 79.4 Å². The number of ether oxygens (including phenoxy) is 1. The number of carbonyl (C=O) groups excluding carboxylic acids is 6. The lowest BCUT2D eigenvalue weighted by molar-refractivity contribution is -0.126. The molecule has 57 heavy (non-hydrogen) atoms. The van der Waals surface area contributed by atoms with E-state index in [9.17, 15) is 33.9 Å². The Bertz CT molecular complexity index is 2510. The van der Waals surface area contributed by atoms with Gasteiger partial charge in [-0.1, -0.05) is 78.4 Å². The Balaban J connectivity index is 1.07. The Labute approximate surface area is 328 Å². The number of amides is 4. The van der Waals surface area contributed by atoms with Gasteiger partial charge in [-0.2, -0.15) is 0 Å². The van der Waals surface area contributed by atoms with Crippen molar-refractivity contribution in [3.05, 3.63) is 167 Å². The van der Waals surface area contributed by atoms with E-state index in [1.54, 1.807) is 109 Å². The second-order valence-electron chi connectivity index (χ2n) is 14.9. The quantitative estimate of drug-likeness (QED) is 0.103. The summed E-state index contributed by atoms with van der Waals surface area (Å²) in [7, 11) is 1.46. The Morgan fingerprint density at radius 3 is 1.58 bits per heavy atom. The highest BCUT2D eigenvalue weighted by atomic mass is 16.5. The van der Waals surface area contributed by atoms with Crippen molar-refractivity contribution in [1.29, 1.82) is 0 Å². The lowest BCUT2D eigenvalue weighted by Gasteiger charge is -2.44. The van der Waals surface area contributed by atoms with Crippen LogP contribution in [0, 0.1) is 29.6 Å². The van der Waals surface area contributed by atoms with Gasteiger partial charge in [-0.3, -0.25) is 38.6 Å². The predicted octanol–water partition coefficient (Wildman–Crippen LogP) is 6.91. The van der Waals surface area contributed by atoms with Gasteiger partial charge >= 0.3 is 0 Å². The molecule has 5 aromatic rings. The molecule has 0 radical (unpaired) electrons. The molecule has 10 heteroatoms. The highest BCUT2D eigenvalue weighted by molar-refractivity contribution is 6.24. The first-order valence-corrected chi connectivity index (χ1v) is 18.9. The first-order valence-electron chi connectivity index (χ1n) is 18.9. The molecule has 2 aliphatic carbocycles. The molecule has 1 saturated carbocycles. The minimum absolute atomic E-state index is 0.121. The van der Waals surface area contributed by atoms with E-state index in [0.717, 1.165) is 4.90 Å². The fourth-order valence-corrected chi connectivity index (χ4v) is 9.48. The summed E-state index contributed by atoms with van der Waals surface area (Å²) in [5.41, 5.74) is 3.51. The molecule has 2 heterocycles. The first kappa shape index (κ1) is 35.7. The lowest BCUT2D eigenvalue weighted by atomic mass is 9.57. The number of aromatic hydroxyl groups is 1. The average molecular weight is 757 g/mol. The van der Waals surface area contributed by atoms with Crippen LogP contribution in [0.3, 0.4) is 0 Å². The molecular formula is C47H36N2O8. The van der Waals surface area contributed by atoms with Crippen LogP contribution in [0.5, 0.6) is 11.5 Å². The van der Waals surface area contributed by atoms with Gasteiger partial charge in [-0.25, -0.2) is 0 Å². The third kappa shape index (κ3) is 5.70. The molecular weight excluding hydrogens is 721 g/mol. The maximum absolute atomic E-state index is 14.6. The molecule has 5 aromatic carbocycles. The van der Waals surface area contributed by atoms with Gasteiger partial charge in [0.15, 0.2) is 11.6 Å². The zero-order chi connectivity index (χ0) is 39.5. The molecule has 2 aliphatic heterocycles. The third-order valence-corrected chi connectivity index (χ3v) is 12.1. The lowest BCUT2D eigenvalue weighted by Crippen LogP contribution is -2.43. The standard InChI is InChI=1S/C47H36N2O8/c1-57-37-14-8-13-36(50)41(37)39-32-23-24-33-38(46(55)48(44(33)53)30-19-15-28(16-20-30)42(51)26-9-4-2-5-10-26)34(32)25-35-40(39)47(56)49(45(35)54)31-21-17-29(18-22-31)43(52)27-11-6-3-7-12-27/h2-23,33-35,38-40,50H,24-25H2,1H3/t33-,34+,35+,38-,39-,40+/m0/s1. The normalized spacial score (nSPS) is 23.8. The number of hydrogen-bond donors (Lipinski definition) is 1. The summed E-state index contributed by atoms with van der Waals surface area (Å²) in [5.74, 6) is -6.73. The van der Waals surface area contributed by atoms with Crippen molar-refractivity contribution in [2.24, 2.45) is 29.6 Å². The number of allylic oxidation sites excluding steroid dienone is 2. The molecule has 282 valence electrons. The number of rotatable bonds is 8. The number of imide groups is 2. The predicted molar refractivity (Wildman–Crippen MR) is 210 cm³/mol. The molecule has 0 aromatic heterocycles. The average Bonchev–Trinajstić information content (AvgIpc) is 3.66. The first-order chi connectivity index (χ1) is 27.7. The fourth-order valence-electron chi connectivity index (χ4n) is 9.48. The van der Waals surface area contributed by atoms with E-state index in [1.165, 1.54) is 18.1 Å². The number of methoxy groups -OCH3 is 1. The van der Waals surface area contributed by atoms with Gasteiger partial charge in [0, 0.05) is 33.7 Å². The van der Waals surface area contributed by atoms with Crippen LogP contribution in [0.4, 0.5) is 11.4 Å². The number of carbonyl (C=O) groups is 6. The summed E-state index contributed by atoms with van der Waals surface area (Å²) in [6.07, 6.45) is 2.25. The van der Waals surface area contributed by atoms with Crippen molar-refractivity contribution < 1.29 is 38.6 Å². The van der Waals surface area contributed by atoms with Gasteiger partial charge in [0.1, 0.15) is 11.5 Å². The summed E-state index contributed by atoms with van der Waals surface area (Å²) in [6, 6.07) is 35.2. The fraction of sp³-hybridized carbons (Fsp3) is 0.191. The van der Waals surface area contributed by atoms with Crippen molar-refractivity contribution in [3.8, 4) is 11.5 Å². The van der Waals surface area contributed by atoms with Crippen LogP contribution >= 0.6 is 0 Å². The summed E-state index contributed by atoms with van der Waals surface area (Å²) >= 11 is 0. The van der Waals surface area contributed by atoms with Gasteiger partial charge in [-0.15, -0.1) is 0 Å². The Morgan fingerprint density at radius 2 is 1.05 bits per heavy atom. The Morgan fingerprint density at radius 1 is 0.561 bits per heavy atom. The highest BCUT2D eigenvalue weighted by Crippen LogP contribution is 2.60. The van der Waals surface area contributed by atoms with E-state index in [4.69, 9.17) is 4.74 Å². The van der Waals surface area contributed by atoms with Crippen molar-refractivity contribution in [3.63, 3.8) is 0 Å². The third-order valence-electron chi connectivity index (χ3n) is 12.1. The van der Waals surface area contributed by atoms with Gasteiger partial charge in [0.25, 0.3) is 0 Å². The number of ketones is 2. The molecule has 1 N–H and O–H groups in total. The van der Waals surface area contributed by atoms with Crippen LogP contribution in [-0.2, 0) is 19.2 Å². The van der Waals surface area contributed by atoms with E-state index in [1.807, 2.05) is 18.2 Å². The number of anilines is 2. The van der Waals surface area contributed by atoms with E-state index in [2.05, 4.69) is 0 Å². The van der Waals surface area contributed by atoms with Crippen LogP contribution in [0.25, 0.3) is 0 Å². The second kappa shape index (κ2) is 14.0. The van der Waals surface area contributed by atoms with E-state index < -0.39 is 53.2 Å². The zero-order valence-corrected chi connectivity index (χ0v) is 30.8. The maximum atomic E-state index is 14.6. The van der Waals surface area contributed by atoms with Crippen LogP contribution in [-0.4, -0.2) is 47.4 Å². The van der Waals surface area contributed by atoms with E-state index >= 15 is 0 Å². The zero-order valence-electron chi connectivity index (χ0n) is 30.8. The van der Waals surface area contributed by atoms with Crippen LogP contribution in [0.2, 0.25) is 0 Å². The smallest absolute Gasteiger partial charge is 0.238 e. The minimum Gasteiger partial charge on any atom is -0.508 e. The number of hydrogen-bond acceptors (Lipinski definition) is 8. The molecule has 10 nitrogen and oxygen atoms in total. The van der Waals surface area contributed by atoms with Crippen molar-refractivity contribution in [2.75, 3.05) is 16.9 Å². The van der Waals surface area contributed by atoms with E-state index in [0.29, 0.717) is 50.5 Å². The largest absolute Gasteiger partial charge is 0.508 e. The molecule has 6 atom stereocenters. The van der Waals surface area contributed by atoms with E-state index in [-0.39, 0.29) is 36.1 Å². The summed E-state index contributed by atoms with van der Waals surface area (Å²) < 4.78 is 5.73. The van der Waals surface area contributed by atoms with Crippen LogP contribution < -0.4 is 14.5 Å². The SMILES string of the molecule is COc1cccc(O)c1[C@H]1C2=CC[C@@H]3C(=O)N(c4ccc(C(=O)c5ccccc5)cc4)C(=O)[C@@H]3[C@@H]2C[C@H]2C(=O)N(c3ccc(C(=O)c4ccccc4)cc3)C(=O)[C@@H]12. The van der Waals surface area contributed by atoms with Crippen LogP contribution in [0.15, 0.2) is 139 Å². The molecule has 0 spiro atoms. The topological polar surface area (TPSA) is 138 Å².